The van der Waals surface area contributed by atoms with Gasteiger partial charge in [-0.1, -0.05) is 24.3 Å². The first-order valence-corrected chi connectivity index (χ1v) is 11.4. The Hall–Kier alpha value is -4.72. The number of carbonyl (C=O) groups is 1. The maximum Gasteiger partial charge on any atom is 0.260 e. The summed E-state index contributed by atoms with van der Waals surface area (Å²) in [7, 11) is 1.68. The molecule has 36 heavy (non-hydrogen) atoms. The highest BCUT2D eigenvalue weighted by Gasteiger charge is 2.20. The minimum Gasteiger partial charge on any atom is -0.508 e. The van der Waals surface area contributed by atoms with Crippen LogP contribution in [0.15, 0.2) is 83.9 Å². The van der Waals surface area contributed by atoms with E-state index in [0.717, 1.165) is 0 Å². The number of H-pyrrole nitrogens is 1. The number of hydrogen-bond donors (Lipinski definition) is 3. The zero-order valence-corrected chi connectivity index (χ0v) is 19.6. The molecule has 1 atom stereocenters. The van der Waals surface area contributed by atoms with E-state index >= 15 is 0 Å². The molecule has 0 bridgehead atoms. The van der Waals surface area contributed by atoms with Crippen LogP contribution in [0.4, 0.5) is 10.2 Å². The van der Waals surface area contributed by atoms with E-state index in [0.29, 0.717) is 44.7 Å². The molecule has 0 aliphatic carbocycles. The third-order valence-corrected chi connectivity index (χ3v) is 6.23. The van der Waals surface area contributed by atoms with Crippen molar-refractivity contribution in [1.29, 1.82) is 0 Å². The smallest absolute Gasteiger partial charge is 0.260 e. The molecular formula is C28H23FN4O3. The molecule has 0 saturated carbocycles. The molecular weight excluding hydrogens is 459 g/mol. The van der Waals surface area contributed by atoms with E-state index < -0.39 is 5.92 Å². The van der Waals surface area contributed by atoms with Gasteiger partial charge in [0, 0.05) is 30.6 Å². The van der Waals surface area contributed by atoms with Gasteiger partial charge < -0.3 is 20.0 Å². The average molecular weight is 483 g/mol. The van der Waals surface area contributed by atoms with Gasteiger partial charge in [0.05, 0.1) is 22.5 Å². The lowest BCUT2D eigenvalue weighted by atomic mass is 9.99. The summed E-state index contributed by atoms with van der Waals surface area (Å²) >= 11 is 0. The van der Waals surface area contributed by atoms with Crippen molar-refractivity contribution < 1.29 is 14.3 Å². The standard InChI is InChI=1S/C28H23FN4O3/c1-16(17-6-8-20(29)9-7-17)27(35)32-23-15-19(10-12-30-23)26-24(18-4-3-5-21(34)14-18)25-22(31-26)11-13-33(2)28(25)36/h3-16,31,34H,1-2H3,(H,30,32,35). The summed E-state index contributed by atoms with van der Waals surface area (Å²) in [5.74, 6) is -0.755. The lowest BCUT2D eigenvalue weighted by Crippen LogP contribution is -2.19. The fraction of sp³-hybridized carbons (Fsp3) is 0.107. The number of aromatic hydroxyl groups is 1. The maximum absolute atomic E-state index is 13.3. The van der Waals surface area contributed by atoms with Gasteiger partial charge in [0.1, 0.15) is 17.4 Å². The summed E-state index contributed by atoms with van der Waals surface area (Å²) in [5, 5.41) is 13.4. The molecule has 7 nitrogen and oxygen atoms in total. The third kappa shape index (κ3) is 4.24. The molecule has 0 fully saturated rings. The fourth-order valence-corrected chi connectivity index (χ4v) is 4.26. The molecule has 0 saturated heterocycles. The normalized spacial score (nSPS) is 12.0. The lowest BCUT2D eigenvalue weighted by molar-refractivity contribution is -0.117. The Labute approximate surface area is 205 Å². The number of aryl methyl sites for hydroxylation is 1. The van der Waals surface area contributed by atoms with Gasteiger partial charge in [-0.2, -0.15) is 0 Å². The Morgan fingerprint density at radius 1 is 1.08 bits per heavy atom. The van der Waals surface area contributed by atoms with Gasteiger partial charge in [-0.3, -0.25) is 9.59 Å². The highest BCUT2D eigenvalue weighted by atomic mass is 19.1. The van der Waals surface area contributed by atoms with Crippen molar-refractivity contribution in [2.75, 3.05) is 5.32 Å². The van der Waals surface area contributed by atoms with Crippen molar-refractivity contribution in [1.82, 2.24) is 14.5 Å². The van der Waals surface area contributed by atoms with Gasteiger partial charge in [-0.05, 0) is 60.5 Å². The summed E-state index contributed by atoms with van der Waals surface area (Å²) in [6, 6.07) is 17.8. The van der Waals surface area contributed by atoms with Gasteiger partial charge in [0.2, 0.25) is 5.91 Å². The number of phenols is 1. The number of aromatic amines is 1. The molecule has 0 aliphatic rings. The minimum absolute atomic E-state index is 0.0815. The number of halogens is 1. The number of benzene rings is 2. The fourth-order valence-electron chi connectivity index (χ4n) is 4.26. The average Bonchev–Trinajstić information content (AvgIpc) is 3.27. The van der Waals surface area contributed by atoms with Crippen LogP contribution < -0.4 is 10.9 Å². The van der Waals surface area contributed by atoms with Crippen molar-refractivity contribution in [3.63, 3.8) is 0 Å². The second kappa shape index (κ2) is 9.14. The Kier molecular flexibility index (Phi) is 5.85. The number of nitrogens with one attached hydrogen (secondary N) is 2. The molecule has 1 amide bonds. The van der Waals surface area contributed by atoms with Crippen LogP contribution in [0.3, 0.4) is 0 Å². The van der Waals surface area contributed by atoms with Crippen molar-refractivity contribution in [3.8, 4) is 28.1 Å². The Bertz CT molecular complexity index is 1650. The van der Waals surface area contributed by atoms with Gasteiger partial charge in [-0.25, -0.2) is 9.37 Å². The number of carbonyl (C=O) groups excluding carboxylic acids is 1. The largest absolute Gasteiger partial charge is 0.508 e. The molecule has 3 N–H and O–H groups in total. The quantitative estimate of drug-likeness (QED) is 0.321. The molecule has 0 radical (unpaired) electrons. The minimum atomic E-state index is -0.519. The van der Waals surface area contributed by atoms with E-state index in [1.807, 2.05) is 12.1 Å². The SMILES string of the molecule is CC(C(=O)Nc1cc(-c2[nH]c3ccn(C)c(=O)c3c2-c2cccc(O)c2)ccn1)c1ccc(F)cc1. The number of hydrogen-bond acceptors (Lipinski definition) is 4. The molecule has 2 aromatic carbocycles. The van der Waals surface area contributed by atoms with Crippen molar-refractivity contribution in [3.05, 3.63) is 101 Å². The van der Waals surface area contributed by atoms with Crippen LogP contribution in [0.2, 0.25) is 0 Å². The summed E-state index contributed by atoms with van der Waals surface area (Å²) in [6.45, 7) is 1.74. The van der Waals surface area contributed by atoms with Gasteiger partial charge in [0.15, 0.2) is 0 Å². The van der Waals surface area contributed by atoms with Gasteiger partial charge in [0.25, 0.3) is 5.56 Å². The van der Waals surface area contributed by atoms with Gasteiger partial charge in [-0.15, -0.1) is 0 Å². The Morgan fingerprint density at radius 3 is 2.61 bits per heavy atom. The summed E-state index contributed by atoms with van der Waals surface area (Å²) in [6.07, 6.45) is 3.26. The van der Waals surface area contributed by atoms with Crippen LogP contribution in [0, 0.1) is 5.82 Å². The number of nitrogens with zero attached hydrogens (tertiary/aromatic N) is 2. The van der Waals surface area contributed by atoms with Crippen LogP contribution in [0.1, 0.15) is 18.4 Å². The molecule has 5 rings (SSSR count). The summed E-state index contributed by atoms with van der Waals surface area (Å²) < 4.78 is 14.8. The zero-order valence-electron chi connectivity index (χ0n) is 19.6. The molecule has 0 spiro atoms. The highest BCUT2D eigenvalue weighted by molar-refractivity contribution is 6.04. The number of phenolic OH excluding ortho intramolecular Hbond substituents is 1. The first kappa shape index (κ1) is 23.0. The second-order valence-electron chi connectivity index (χ2n) is 8.64. The van der Waals surface area contributed by atoms with Crippen molar-refractivity contribution in [2.45, 2.75) is 12.8 Å². The van der Waals surface area contributed by atoms with Crippen LogP contribution in [0.5, 0.6) is 5.75 Å². The summed E-state index contributed by atoms with van der Waals surface area (Å²) in [5.41, 5.74) is 3.83. The first-order valence-electron chi connectivity index (χ1n) is 11.4. The van der Waals surface area contributed by atoms with E-state index in [1.165, 1.54) is 16.7 Å². The molecule has 3 aromatic heterocycles. The van der Waals surface area contributed by atoms with Crippen LogP contribution >= 0.6 is 0 Å². The van der Waals surface area contributed by atoms with Crippen molar-refractivity contribution in [2.24, 2.45) is 7.05 Å². The molecule has 8 heteroatoms. The van der Waals surface area contributed by atoms with E-state index in [4.69, 9.17) is 0 Å². The summed E-state index contributed by atoms with van der Waals surface area (Å²) in [4.78, 5) is 33.6. The number of fused-ring (bicyclic) bond motifs is 1. The Balaban J connectivity index is 1.57. The van der Waals surface area contributed by atoms with Crippen LogP contribution in [-0.2, 0) is 11.8 Å². The van der Waals surface area contributed by atoms with E-state index in [-0.39, 0.29) is 23.0 Å². The Morgan fingerprint density at radius 2 is 1.86 bits per heavy atom. The number of aromatic nitrogens is 3. The van der Waals surface area contributed by atoms with Gasteiger partial charge >= 0.3 is 0 Å². The molecule has 1 unspecified atom stereocenters. The lowest BCUT2D eigenvalue weighted by Gasteiger charge is -2.13. The zero-order chi connectivity index (χ0) is 25.4. The predicted molar refractivity (Wildman–Crippen MR) is 137 cm³/mol. The molecule has 3 heterocycles. The maximum atomic E-state index is 13.3. The van der Waals surface area contributed by atoms with Crippen molar-refractivity contribution >= 4 is 22.6 Å². The monoisotopic (exact) mass is 482 g/mol. The number of pyridine rings is 2. The predicted octanol–water partition coefficient (Wildman–Crippen LogP) is 5.18. The second-order valence-corrected chi connectivity index (χ2v) is 8.64. The van der Waals surface area contributed by atoms with Crippen LogP contribution in [0.25, 0.3) is 33.3 Å². The van der Waals surface area contributed by atoms with E-state index in [9.17, 15) is 19.1 Å². The third-order valence-electron chi connectivity index (χ3n) is 6.23. The topological polar surface area (TPSA) is 100 Å². The first-order chi connectivity index (χ1) is 17.3. The highest BCUT2D eigenvalue weighted by Crippen LogP contribution is 2.38. The van der Waals surface area contributed by atoms with E-state index in [2.05, 4.69) is 15.3 Å². The number of anilines is 1. The number of amides is 1. The number of rotatable bonds is 5. The molecule has 180 valence electrons. The van der Waals surface area contributed by atoms with E-state index in [1.54, 1.807) is 68.8 Å². The molecule has 5 aromatic rings. The van der Waals surface area contributed by atoms with Crippen LogP contribution in [-0.4, -0.2) is 25.5 Å². The molecule has 0 aliphatic heterocycles.